The molecule has 0 unspecified atom stereocenters. The van der Waals surface area contributed by atoms with E-state index in [0.29, 0.717) is 5.69 Å². The molecule has 0 aliphatic rings. The summed E-state index contributed by atoms with van der Waals surface area (Å²) in [6.45, 7) is 1.73. The zero-order valence-corrected chi connectivity index (χ0v) is 11.9. The van der Waals surface area contributed by atoms with E-state index in [4.69, 9.17) is 0 Å². The highest BCUT2D eigenvalue weighted by Gasteiger charge is 2.21. The number of benzene rings is 1. The molecule has 18 heavy (non-hydrogen) atoms. The van der Waals surface area contributed by atoms with Crippen molar-refractivity contribution in [2.45, 2.75) is 6.92 Å². The van der Waals surface area contributed by atoms with Crippen LogP contribution in [0.4, 0.5) is 5.69 Å². The van der Waals surface area contributed by atoms with E-state index >= 15 is 0 Å². The molecule has 0 aliphatic carbocycles. The van der Waals surface area contributed by atoms with Crippen LogP contribution in [0, 0.1) is 6.92 Å². The van der Waals surface area contributed by atoms with Crippen molar-refractivity contribution in [3.63, 3.8) is 0 Å². The van der Waals surface area contributed by atoms with Crippen LogP contribution in [0.2, 0.25) is 0 Å². The Labute approximate surface area is 108 Å². The van der Waals surface area contributed by atoms with Crippen molar-refractivity contribution in [1.82, 2.24) is 4.90 Å². The molecule has 0 spiro atoms. The van der Waals surface area contributed by atoms with E-state index in [1.54, 1.807) is 26.2 Å². The van der Waals surface area contributed by atoms with Gasteiger partial charge < -0.3 is 4.90 Å². The molecule has 0 saturated carbocycles. The summed E-state index contributed by atoms with van der Waals surface area (Å²) in [5.41, 5.74) is 1.53. The van der Waals surface area contributed by atoms with Crippen molar-refractivity contribution in [1.29, 1.82) is 0 Å². The minimum atomic E-state index is -3.47. The molecule has 0 bridgehead atoms. The van der Waals surface area contributed by atoms with Crippen molar-refractivity contribution < 1.29 is 13.2 Å². The molecular weight excluding hydrogens is 252 g/mol. The van der Waals surface area contributed by atoms with Gasteiger partial charge >= 0.3 is 0 Å². The molecule has 100 valence electrons. The van der Waals surface area contributed by atoms with Gasteiger partial charge in [0.15, 0.2) is 0 Å². The first-order valence-electron chi connectivity index (χ1n) is 5.46. The number of hydrogen-bond donors (Lipinski definition) is 0. The number of amides is 1. The number of carbonyl (C=O) groups is 1. The highest BCUT2D eigenvalue weighted by Crippen LogP contribution is 2.18. The SMILES string of the molecule is Cc1ccc(N(CC(=O)N(C)C)S(C)(=O)=O)cc1. The number of aryl methyl sites for hydroxylation is 1. The summed E-state index contributed by atoms with van der Waals surface area (Å²) >= 11 is 0. The molecule has 0 fully saturated rings. The van der Waals surface area contributed by atoms with Gasteiger partial charge in [-0.2, -0.15) is 0 Å². The van der Waals surface area contributed by atoms with Crippen molar-refractivity contribution in [3.05, 3.63) is 29.8 Å². The molecule has 0 N–H and O–H groups in total. The number of sulfonamides is 1. The highest BCUT2D eigenvalue weighted by atomic mass is 32.2. The standard InChI is InChI=1S/C12H18N2O3S/c1-10-5-7-11(8-6-10)14(18(4,16)17)9-12(15)13(2)3/h5-8H,9H2,1-4H3. The van der Waals surface area contributed by atoms with Gasteiger partial charge in [0.1, 0.15) is 6.54 Å². The van der Waals surface area contributed by atoms with Crippen LogP contribution in [0.15, 0.2) is 24.3 Å². The Morgan fingerprint density at radius 3 is 2.06 bits per heavy atom. The fraction of sp³-hybridized carbons (Fsp3) is 0.417. The molecule has 5 nitrogen and oxygen atoms in total. The average Bonchev–Trinajstić information content (AvgIpc) is 2.25. The van der Waals surface area contributed by atoms with Gasteiger partial charge in [-0.05, 0) is 19.1 Å². The summed E-state index contributed by atoms with van der Waals surface area (Å²) in [6, 6.07) is 7.01. The average molecular weight is 270 g/mol. The first kappa shape index (κ1) is 14.5. The number of carbonyl (C=O) groups excluding carboxylic acids is 1. The second kappa shape index (κ2) is 5.39. The molecule has 1 rings (SSSR count). The first-order valence-corrected chi connectivity index (χ1v) is 7.31. The predicted octanol–water partition coefficient (Wildman–Crippen LogP) is 0.849. The van der Waals surface area contributed by atoms with E-state index in [2.05, 4.69) is 0 Å². The topological polar surface area (TPSA) is 57.7 Å². The first-order chi connectivity index (χ1) is 8.21. The maximum Gasteiger partial charge on any atom is 0.242 e. The van der Waals surface area contributed by atoms with Crippen molar-refractivity contribution >= 4 is 21.6 Å². The van der Waals surface area contributed by atoms with Crippen LogP contribution in [0.5, 0.6) is 0 Å². The molecule has 1 amide bonds. The molecule has 0 aromatic heterocycles. The smallest absolute Gasteiger partial charge is 0.242 e. The largest absolute Gasteiger partial charge is 0.347 e. The lowest BCUT2D eigenvalue weighted by Crippen LogP contribution is -2.39. The Kier molecular flexibility index (Phi) is 4.34. The van der Waals surface area contributed by atoms with Gasteiger partial charge in [-0.25, -0.2) is 8.42 Å². The third kappa shape index (κ3) is 3.73. The summed E-state index contributed by atoms with van der Waals surface area (Å²) in [5.74, 6) is -0.263. The lowest BCUT2D eigenvalue weighted by Gasteiger charge is -2.23. The molecule has 1 aromatic rings. The zero-order valence-electron chi connectivity index (χ0n) is 11.0. The fourth-order valence-corrected chi connectivity index (χ4v) is 2.22. The third-order valence-corrected chi connectivity index (χ3v) is 3.64. The highest BCUT2D eigenvalue weighted by molar-refractivity contribution is 7.92. The maximum absolute atomic E-state index is 11.7. The van der Waals surface area contributed by atoms with Gasteiger partial charge in [-0.3, -0.25) is 9.10 Å². The van der Waals surface area contributed by atoms with E-state index in [0.717, 1.165) is 16.1 Å². The van der Waals surface area contributed by atoms with Gasteiger partial charge in [-0.15, -0.1) is 0 Å². The summed E-state index contributed by atoms with van der Waals surface area (Å²) < 4.78 is 24.6. The van der Waals surface area contributed by atoms with Crippen molar-refractivity contribution in [3.8, 4) is 0 Å². The Balaban J connectivity index is 3.07. The summed E-state index contributed by atoms with van der Waals surface area (Å²) in [6.07, 6.45) is 1.09. The zero-order chi connectivity index (χ0) is 13.9. The summed E-state index contributed by atoms with van der Waals surface area (Å²) in [5, 5.41) is 0. The molecule has 0 heterocycles. The third-order valence-electron chi connectivity index (χ3n) is 2.50. The van der Waals surface area contributed by atoms with Gasteiger partial charge in [-0.1, -0.05) is 17.7 Å². The van der Waals surface area contributed by atoms with Crippen molar-refractivity contribution in [2.24, 2.45) is 0 Å². The Hall–Kier alpha value is -1.56. The monoisotopic (exact) mass is 270 g/mol. The van der Waals surface area contributed by atoms with Crippen molar-refractivity contribution in [2.75, 3.05) is 31.2 Å². The summed E-state index contributed by atoms with van der Waals surface area (Å²) in [4.78, 5) is 13.0. The van der Waals surface area contributed by atoms with Gasteiger partial charge in [0.05, 0.1) is 11.9 Å². The molecule has 0 radical (unpaired) electrons. The lowest BCUT2D eigenvalue weighted by molar-refractivity contribution is -0.127. The van der Waals surface area contributed by atoms with Gasteiger partial charge in [0, 0.05) is 14.1 Å². The maximum atomic E-state index is 11.7. The van der Waals surface area contributed by atoms with Crippen LogP contribution in [0.1, 0.15) is 5.56 Å². The Morgan fingerprint density at radius 1 is 1.17 bits per heavy atom. The molecule has 0 atom stereocenters. The normalized spacial score (nSPS) is 11.1. The quantitative estimate of drug-likeness (QED) is 0.815. The van der Waals surface area contributed by atoms with Crippen LogP contribution < -0.4 is 4.31 Å². The number of nitrogens with zero attached hydrogens (tertiary/aromatic N) is 2. The second-order valence-electron chi connectivity index (χ2n) is 4.39. The minimum Gasteiger partial charge on any atom is -0.347 e. The van der Waals surface area contributed by atoms with Crippen LogP contribution >= 0.6 is 0 Å². The minimum absolute atomic E-state index is 0.186. The Morgan fingerprint density at radius 2 is 1.67 bits per heavy atom. The molecule has 6 heteroatoms. The van der Waals surface area contributed by atoms with E-state index in [-0.39, 0.29) is 12.5 Å². The second-order valence-corrected chi connectivity index (χ2v) is 6.30. The number of hydrogen-bond acceptors (Lipinski definition) is 3. The van der Waals surface area contributed by atoms with Gasteiger partial charge in [0.25, 0.3) is 0 Å². The van der Waals surface area contributed by atoms with E-state index in [1.807, 2.05) is 19.1 Å². The summed E-state index contributed by atoms with van der Waals surface area (Å²) in [7, 11) is -0.283. The van der Waals surface area contributed by atoms with E-state index < -0.39 is 10.0 Å². The van der Waals surface area contributed by atoms with Crippen LogP contribution in [0.3, 0.4) is 0 Å². The number of rotatable bonds is 4. The van der Waals surface area contributed by atoms with Crippen LogP contribution in [-0.2, 0) is 14.8 Å². The lowest BCUT2D eigenvalue weighted by atomic mass is 10.2. The fourth-order valence-electron chi connectivity index (χ4n) is 1.38. The van der Waals surface area contributed by atoms with Gasteiger partial charge in [0.2, 0.25) is 15.9 Å². The number of likely N-dealkylation sites (N-methyl/N-ethyl adjacent to an activating group) is 1. The van der Waals surface area contributed by atoms with E-state index in [1.165, 1.54) is 4.90 Å². The van der Waals surface area contributed by atoms with E-state index in [9.17, 15) is 13.2 Å². The predicted molar refractivity (Wildman–Crippen MR) is 72.1 cm³/mol. The molecule has 0 aliphatic heterocycles. The molecule has 0 saturated heterocycles. The molecule has 1 aromatic carbocycles. The van der Waals surface area contributed by atoms with Crippen LogP contribution in [-0.4, -0.2) is 46.1 Å². The number of anilines is 1. The van der Waals surface area contributed by atoms with Crippen LogP contribution in [0.25, 0.3) is 0 Å². The molecular formula is C12H18N2O3S. The Bertz CT molecular complexity index is 521.